The molecular formula is C19H24N4O4S. The number of carbonyl (C=O) groups is 1. The lowest BCUT2D eigenvalue weighted by molar-refractivity contribution is 0.0950. The molecule has 0 fully saturated rings. The van der Waals surface area contributed by atoms with Crippen LogP contribution in [0.4, 0.5) is 5.69 Å². The highest BCUT2D eigenvalue weighted by molar-refractivity contribution is 7.92. The molecule has 1 amide bonds. The number of ether oxygens (including phenoxy) is 1. The van der Waals surface area contributed by atoms with E-state index in [0.717, 1.165) is 19.3 Å². The number of hydrogen-bond donors (Lipinski definition) is 3. The first kappa shape index (κ1) is 19.9. The molecule has 8 nitrogen and oxygen atoms in total. The number of sulfonamides is 1. The second-order valence-corrected chi connectivity index (χ2v) is 8.18. The molecule has 1 aromatic heterocycles. The van der Waals surface area contributed by atoms with E-state index in [0.29, 0.717) is 18.0 Å². The summed E-state index contributed by atoms with van der Waals surface area (Å²) in [6.07, 6.45) is 8.77. The van der Waals surface area contributed by atoms with Crippen LogP contribution in [0, 0.1) is 0 Å². The molecule has 0 unspecified atom stereocenters. The van der Waals surface area contributed by atoms with E-state index in [1.54, 1.807) is 24.3 Å². The number of hydrogen-bond acceptors (Lipinski definition) is 5. The number of aromatic amines is 1. The molecule has 0 saturated carbocycles. The minimum Gasteiger partial charge on any atom is -0.497 e. The Hall–Kier alpha value is -2.81. The fourth-order valence-corrected chi connectivity index (χ4v) is 4.23. The zero-order valence-electron chi connectivity index (χ0n) is 15.7. The van der Waals surface area contributed by atoms with Gasteiger partial charge >= 0.3 is 0 Å². The van der Waals surface area contributed by atoms with Crippen molar-refractivity contribution >= 4 is 21.6 Å². The molecule has 0 aliphatic heterocycles. The number of methoxy groups -OCH3 is 1. The third kappa shape index (κ3) is 4.92. The second kappa shape index (κ2) is 8.92. The first-order valence-electron chi connectivity index (χ1n) is 9.16. The molecule has 9 heteroatoms. The van der Waals surface area contributed by atoms with E-state index in [4.69, 9.17) is 4.74 Å². The minimum atomic E-state index is -3.99. The Morgan fingerprint density at radius 3 is 2.71 bits per heavy atom. The quantitative estimate of drug-likeness (QED) is 0.586. The van der Waals surface area contributed by atoms with Gasteiger partial charge in [-0.25, -0.2) is 0 Å². The summed E-state index contributed by atoms with van der Waals surface area (Å²) in [6, 6.07) is 6.42. The number of anilines is 1. The van der Waals surface area contributed by atoms with Gasteiger partial charge in [-0.15, -0.1) is 0 Å². The van der Waals surface area contributed by atoms with Crippen molar-refractivity contribution in [1.29, 1.82) is 0 Å². The summed E-state index contributed by atoms with van der Waals surface area (Å²) in [7, 11) is -2.46. The minimum absolute atomic E-state index is 0.0152. The Morgan fingerprint density at radius 2 is 2.04 bits per heavy atom. The van der Waals surface area contributed by atoms with Crippen LogP contribution in [0.3, 0.4) is 0 Å². The van der Waals surface area contributed by atoms with E-state index in [9.17, 15) is 13.2 Å². The summed E-state index contributed by atoms with van der Waals surface area (Å²) in [5.41, 5.74) is 1.68. The van der Waals surface area contributed by atoms with Crippen molar-refractivity contribution in [3.63, 3.8) is 0 Å². The number of carbonyl (C=O) groups excluding carboxylic acids is 1. The normalized spacial score (nSPS) is 14.2. The molecule has 0 saturated heterocycles. The van der Waals surface area contributed by atoms with E-state index in [-0.39, 0.29) is 10.6 Å². The van der Waals surface area contributed by atoms with Crippen molar-refractivity contribution in [3.8, 4) is 5.75 Å². The van der Waals surface area contributed by atoms with Crippen LogP contribution in [0.25, 0.3) is 0 Å². The highest BCUT2D eigenvalue weighted by atomic mass is 32.2. The van der Waals surface area contributed by atoms with Gasteiger partial charge in [0.15, 0.2) is 5.03 Å². The van der Waals surface area contributed by atoms with E-state index in [2.05, 4.69) is 26.3 Å². The number of allylic oxidation sites excluding steroid dienone is 1. The van der Waals surface area contributed by atoms with Gasteiger partial charge in [0.05, 0.1) is 18.9 Å². The Morgan fingerprint density at radius 1 is 1.25 bits per heavy atom. The third-order valence-electron chi connectivity index (χ3n) is 4.58. The van der Waals surface area contributed by atoms with Gasteiger partial charge < -0.3 is 10.1 Å². The number of rotatable bonds is 8. The van der Waals surface area contributed by atoms with Crippen LogP contribution in [0.1, 0.15) is 42.5 Å². The lowest BCUT2D eigenvalue weighted by Crippen LogP contribution is -2.27. The van der Waals surface area contributed by atoms with Crippen molar-refractivity contribution in [3.05, 3.63) is 47.7 Å². The summed E-state index contributed by atoms with van der Waals surface area (Å²) in [5.74, 6) is 0.137. The maximum Gasteiger partial charge on any atom is 0.279 e. The molecule has 2 aromatic rings. The molecule has 1 heterocycles. The van der Waals surface area contributed by atoms with Gasteiger partial charge in [-0.1, -0.05) is 11.6 Å². The number of aromatic nitrogens is 2. The molecule has 0 atom stereocenters. The van der Waals surface area contributed by atoms with Crippen molar-refractivity contribution < 1.29 is 17.9 Å². The standard InChI is InChI=1S/C19H24N4O4S/c1-27-16-9-7-15(8-10-16)23-28(25,26)19-17(13-21-22-19)18(24)20-12-11-14-5-3-2-4-6-14/h5,7-10,13,23H,2-4,6,11-12H2,1H3,(H,20,24)(H,21,22). The smallest absolute Gasteiger partial charge is 0.279 e. The number of amides is 1. The summed E-state index contributed by atoms with van der Waals surface area (Å²) in [5, 5.41) is 8.66. The van der Waals surface area contributed by atoms with Crippen molar-refractivity contribution in [2.24, 2.45) is 0 Å². The van der Waals surface area contributed by atoms with Crippen molar-refractivity contribution in [2.75, 3.05) is 18.4 Å². The molecule has 3 rings (SSSR count). The van der Waals surface area contributed by atoms with Crippen LogP contribution in [0.2, 0.25) is 0 Å². The van der Waals surface area contributed by atoms with Gasteiger partial charge in [0.1, 0.15) is 5.75 Å². The van der Waals surface area contributed by atoms with Gasteiger partial charge in [-0.3, -0.25) is 14.6 Å². The van der Waals surface area contributed by atoms with Crippen LogP contribution in [0.15, 0.2) is 47.1 Å². The molecule has 3 N–H and O–H groups in total. The largest absolute Gasteiger partial charge is 0.497 e. The van der Waals surface area contributed by atoms with Gasteiger partial charge in [0.2, 0.25) is 0 Å². The molecule has 1 aliphatic rings. The highest BCUT2D eigenvalue weighted by Gasteiger charge is 2.25. The SMILES string of the molecule is COc1ccc(NS(=O)(=O)c2[nH]ncc2C(=O)NCCC2=CCCCC2)cc1. The fraction of sp³-hybridized carbons (Fsp3) is 0.368. The molecular weight excluding hydrogens is 380 g/mol. The molecule has 0 spiro atoms. The topological polar surface area (TPSA) is 113 Å². The van der Waals surface area contributed by atoms with E-state index < -0.39 is 15.9 Å². The Kier molecular flexibility index (Phi) is 6.35. The van der Waals surface area contributed by atoms with Crippen molar-refractivity contribution in [2.45, 2.75) is 37.1 Å². The predicted octanol–water partition coefficient (Wildman–Crippen LogP) is 2.84. The predicted molar refractivity (Wildman–Crippen MR) is 106 cm³/mol. The highest BCUT2D eigenvalue weighted by Crippen LogP contribution is 2.21. The number of H-pyrrole nitrogens is 1. The molecule has 0 radical (unpaired) electrons. The van der Waals surface area contributed by atoms with Crippen LogP contribution >= 0.6 is 0 Å². The van der Waals surface area contributed by atoms with Crippen LogP contribution in [0.5, 0.6) is 5.75 Å². The molecule has 28 heavy (non-hydrogen) atoms. The van der Waals surface area contributed by atoms with E-state index in [1.807, 2.05) is 0 Å². The first-order chi connectivity index (χ1) is 13.5. The number of nitrogens with one attached hydrogen (secondary N) is 3. The zero-order chi connectivity index (χ0) is 20.0. The maximum absolute atomic E-state index is 12.7. The average molecular weight is 404 g/mol. The average Bonchev–Trinajstić information content (AvgIpc) is 3.20. The summed E-state index contributed by atoms with van der Waals surface area (Å²) >= 11 is 0. The van der Waals surface area contributed by atoms with Crippen LogP contribution < -0.4 is 14.8 Å². The van der Waals surface area contributed by atoms with E-state index >= 15 is 0 Å². The monoisotopic (exact) mass is 404 g/mol. The van der Waals surface area contributed by atoms with E-state index in [1.165, 1.54) is 31.7 Å². The van der Waals surface area contributed by atoms with Crippen LogP contribution in [-0.2, 0) is 10.0 Å². The van der Waals surface area contributed by atoms with Gasteiger partial charge in [-0.2, -0.15) is 13.5 Å². The zero-order valence-corrected chi connectivity index (χ0v) is 16.5. The van der Waals surface area contributed by atoms with Gasteiger partial charge in [0, 0.05) is 12.2 Å². The lowest BCUT2D eigenvalue weighted by Gasteiger charge is -2.13. The molecule has 0 bridgehead atoms. The number of nitrogens with zero attached hydrogens (tertiary/aromatic N) is 1. The Labute approximate surface area is 164 Å². The summed E-state index contributed by atoms with van der Waals surface area (Å²) in [6.45, 7) is 0.460. The van der Waals surface area contributed by atoms with Gasteiger partial charge in [0.25, 0.3) is 15.9 Å². The first-order valence-corrected chi connectivity index (χ1v) is 10.6. The van der Waals surface area contributed by atoms with Gasteiger partial charge in [-0.05, 0) is 56.4 Å². The van der Waals surface area contributed by atoms with Crippen molar-refractivity contribution in [1.82, 2.24) is 15.5 Å². The summed E-state index contributed by atoms with van der Waals surface area (Å²) < 4.78 is 32.8. The maximum atomic E-state index is 12.7. The Bertz CT molecular complexity index is 949. The number of benzene rings is 1. The summed E-state index contributed by atoms with van der Waals surface area (Å²) in [4.78, 5) is 12.5. The Balaban J connectivity index is 1.65. The fourth-order valence-electron chi connectivity index (χ4n) is 3.07. The molecule has 1 aromatic carbocycles. The molecule has 150 valence electrons. The van der Waals surface area contributed by atoms with Crippen LogP contribution in [-0.4, -0.2) is 38.2 Å². The third-order valence-corrected chi connectivity index (χ3v) is 5.93. The lowest BCUT2D eigenvalue weighted by atomic mass is 9.97. The molecule has 1 aliphatic carbocycles. The second-order valence-electron chi connectivity index (χ2n) is 6.56.